The molecule has 3 heterocycles. The Labute approximate surface area is 205 Å². The molecule has 0 bridgehead atoms. The van der Waals surface area contributed by atoms with Gasteiger partial charge >= 0.3 is 0 Å². The largest absolute Gasteiger partial charge is 0.497 e. The van der Waals surface area contributed by atoms with E-state index in [0.29, 0.717) is 11.6 Å². The number of nitrogens with zero attached hydrogens (tertiary/aromatic N) is 5. The first kappa shape index (κ1) is 22.5. The number of aryl methyl sites for hydroxylation is 1. The summed E-state index contributed by atoms with van der Waals surface area (Å²) in [5.74, 6) is 3.87. The topological polar surface area (TPSA) is 82.2 Å². The van der Waals surface area contributed by atoms with Crippen LogP contribution in [-0.4, -0.2) is 53.5 Å². The Hall–Kier alpha value is -4.33. The molecule has 0 radical (unpaired) electrons. The average Bonchev–Trinajstić information content (AvgIpc) is 3.32. The standard InChI is InChI=1S/C27H29N7O/c1-20-18-26(32-31-20)29-25-19-27(30-24(28-25)13-8-21-6-4-3-5-7-21)34-16-14-33(15-17-34)22-9-11-23(35-2)12-10-22/h3-13,18-19H,14-17H2,1-2H3,(H2,28,29,30,31,32)/b13-8+. The minimum atomic E-state index is 0.652. The first-order chi connectivity index (χ1) is 17.2. The number of piperazine rings is 1. The summed E-state index contributed by atoms with van der Waals surface area (Å²) in [5.41, 5.74) is 3.29. The van der Waals surface area contributed by atoms with E-state index in [2.05, 4.69) is 49.6 Å². The lowest BCUT2D eigenvalue weighted by Crippen LogP contribution is -2.46. The van der Waals surface area contributed by atoms with Gasteiger partial charge in [-0.25, -0.2) is 9.97 Å². The average molecular weight is 468 g/mol. The van der Waals surface area contributed by atoms with Crippen molar-refractivity contribution in [3.63, 3.8) is 0 Å². The molecule has 2 N–H and O–H groups in total. The number of nitrogens with one attached hydrogen (secondary N) is 2. The van der Waals surface area contributed by atoms with Crippen LogP contribution in [0.5, 0.6) is 5.75 Å². The minimum absolute atomic E-state index is 0.652. The first-order valence-corrected chi connectivity index (χ1v) is 11.7. The third-order valence-corrected chi connectivity index (χ3v) is 5.96. The van der Waals surface area contributed by atoms with Crippen LogP contribution in [0.3, 0.4) is 0 Å². The molecule has 0 saturated carbocycles. The van der Waals surface area contributed by atoms with Gasteiger partial charge < -0.3 is 19.9 Å². The van der Waals surface area contributed by atoms with Gasteiger partial charge in [0.2, 0.25) is 0 Å². The number of ether oxygens (including phenoxy) is 1. The Bertz CT molecular complexity index is 1280. The van der Waals surface area contributed by atoms with Crippen molar-refractivity contribution in [1.82, 2.24) is 20.2 Å². The predicted molar refractivity (Wildman–Crippen MR) is 141 cm³/mol. The van der Waals surface area contributed by atoms with Gasteiger partial charge in [0.25, 0.3) is 0 Å². The number of aromatic nitrogens is 4. The number of rotatable bonds is 7. The van der Waals surface area contributed by atoms with Gasteiger partial charge in [-0.2, -0.15) is 5.10 Å². The summed E-state index contributed by atoms with van der Waals surface area (Å²) in [6, 6.07) is 22.3. The Balaban J connectivity index is 1.35. The third kappa shape index (κ3) is 5.60. The fourth-order valence-corrected chi connectivity index (χ4v) is 4.09. The SMILES string of the molecule is COc1ccc(N2CCN(c3cc(Nc4cc(C)[nH]n4)nc(/C=C/c4ccccc4)n3)CC2)cc1. The second-order valence-corrected chi connectivity index (χ2v) is 8.45. The fraction of sp³-hybridized carbons (Fsp3) is 0.222. The smallest absolute Gasteiger partial charge is 0.156 e. The molecular formula is C27H29N7O. The van der Waals surface area contributed by atoms with Crippen LogP contribution in [0.1, 0.15) is 17.1 Å². The number of methoxy groups -OCH3 is 1. The van der Waals surface area contributed by atoms with E-state index in [1.54, 1.807) is 7.11 Å². The van der Waals surface area contributed by atoms with Crippen LogP contribution >= 0.6 is 0 Å². The van der Waals surface area contributed by atoms with Gasteiger partial charge in [-0.3, -0.25) is 5.10 Å². The van der Waals surface area contributed by atoms with Crippen molar-refractivity contribution in [2.24, 2.45) is 0 Å². The fourth-order valence-electron chi connectivity index (χ4n) is 4.09. The van der Waals surface area contributed by atoms with Crippen molar-refractivity contribution < 1.29 is 4.74 Å². The van der Waals surface area contributed by atoms with E-state index in [0.717, 1.165) is 54.8 Å². The van der Waals surface area contributed by atoms with Gasteiger partial charge in [0.05, 0.1) is 7.11 Å². The lowest BCUT2D eigenvalue weighted by Gasteiger charge is -2.36. The highest BCUT2D eigenvalue weighted by Gasteiger charge is 2.20. The van der Waals surface area contributed by atoms with Crippen LogP contribution in [0, 0.1) is 6.92 Å². The highest BCUT2D eigenvalue weighted by molar-refractivity contribution is 5.69. The molecule has 0 unspecified atom stereocenters. The molecule has 1 fully saturated rings. The van der Waals surface area contributed by atoms with Crippen LogP contribution in [-0.2, 0) is 0 Å². The Morgan fingerprint density at radius 3 is 2.29 bits per heavy atom. The molecule has 8 heteroatoms. The third-order valence-electron chi connectivity index (χ3n) is 5.96. The predicted octanol–water partition coefficient (Wildman–Crippen LogP) is 4.76. The number of benzene rings is 2. The summed E-state index contributed by atoms with van der Waals surface area (Å²) in [6.45, 7) is 5.53. The number of hydrogen-bond acceptors (Lipinski definition) is 7. The Morgan fingerprint density at radius 2 is 1.60 bits per heavy atom. The molecule has 2 aromatic carbocycles. The molecule has 4 aromatic rings. The van der Waals surface area contributed by atoms with E-state index in [1.165, 1.54) is 5.69 Å². The maximum Gasteiger partial charge on any atom is 0.156 e. The molecule has 1 aliphatic rings. The number of aromatic amines is 1. The zero-order valence-electron chi connectivity index (χ0n) is 20.0. The molecule has 8 nitrogen and oxygen atoms in total. The summed E-state index contributed by atoms with van der Waals surface area (Å²) in [6.07, 6.45) is 3.98. The minimum Gasteiger partial charge on any atom is -0.497 e. The molecule has 2 aromatic heterocycles. The molecule has 0 spiro atoms. The van der Waals surface area contributed by atoms with Gasteiger partial charge in [0, 0.05) is 49.7 Å². The van der Waals surface area contributed by atoms with Crippen molar-refractivity contribution in [1.29, 1.82) is 0 Å². The molecule has 0 atom stereocenters. The van der Waals surface area contributed by atoms with Crippen LogP contribution < -0.4 is 19.9 Å². The van der Waals surface area contributed by atoms with Gasteiger partial charge in [-0.05, 0) is 42.8 Å². The maximum atomic E-state index is 5.29. The van der Waals surface area contributed by atoms with Crippen LogP contribution in [0.15, 0.2) is 66.7 Å². The summed E-state index contributed by atoms with van der Waals surface area (Å²) < 4.78 is 5.29. The lowest BCUT2D eigenvalue weighted by molar-refractivity contribution is 0.415. The molecule has 0 amide bonds. The van der Waals surface area contributed by atoms with Crippen molar-refractivity contribution in [2.75, 3.05) is 48.4 Å². The quantitative estimate of drug-likeness (QED) is 0.406. The highest BCUT2D eigenvalue weighted by atomic mass is 16.5. The van der Waals surface area contributed by atoms with Gasteiger partial charge in [0.1, 0.15) is 17.4 Å². The number of H-pyrrole nitrogens is 1. The maximum absolute atomic E-state index is 5.29. The zero-order valence-corrected chi connectivity index (χ0v) is 20.0. The van der Waals surface area contributed by atoms with Crippen molar-refractivity contribution in [2.45, 2.75) is 6.92 Å². The molecular weight excluding hydrogens is 438 g/mol. The monoisotopic (exact) mass is 467 g/mol. The van der Waals surface area contributed by atoms with Crippen molar-refractivity contribution in [3.05, 3.63) is 83.8 Å². The normalized spacial score (nSPS) is 13.9. The van der Waals surface area contributed by atoms with Gasteiger partial charge in [-0.1, -0.05) is 36.4 Å². The van der Waals surface area contributed by atoms with E-state index in [1.807, 2.05) is 61.5 Å². The van der Waals surface area contributed by atoms with Gasteiger partial charge in [0.15, 0.2) is 11.6 Å². The zero-order chi connectivity index (χ0) is 24.0. The second kappa shape index (κ2) is 10.3. The van der Waals surface area contributed by atoms with E-state index in [-0.39, 0.29) is 0 Å². The summed E-state index contributed by atoms with van der Waals surface area (Å²) >= 11 is 0. The Kier molecular flexibility index (Phi) is 6.61. The van der Waals surface area contributed by atoms with Gasteiger partial charge in [-0.15, -0.1) is 0 Å². The Morgan fingerprint density at radius 1 is 0.857 bits per heavy atom. The molecule has 178 valence electrons. The van der Waals surface area contributed by atoms with E-state index < -0.39 is 0 Å². The van der Waals surface area contributed by atoms with Crippen molar-refractivity contribution >= 4 is 35.3 Å². The second-order valence-electron chi connectivity index (χ2n) is 8.45. The van der Waals surface area contributed by atoms with E-state index in [4.69, 9.17) is 14.7 Å². The lowest BCUT2D eigenvalue weighted by atomic mass is 10.2. The molecule has 1 aliphatic heterocycles. The number of hydrogen-bond donors (Lipinski definition) is 2. The molecule has 35 heavy (non-hydrogen) atoms. The van der Waals surface area contributed by atoms with Crippen LogP contribution in [0.4, 0.5) is 23.1 Å². The molecule has 0 aliphatic carbocycles. The first-order valence-electron chi connectivity index (χ1n) is 11.7. The van der Waals surface area contributed by atoms with Crippen molar-refractivity contribution in [3.8, 4) is 5.75 Å². The summed E-state index contributed by atoms with van der Waals surface area (Å²) in [4.78, 5) is 14.3. The summed E-state index contributed by atoms with van der Waals surface area (Å²) in [5, 5.41) is 10.6. The van der Waals surface area contributed by atoms with E-state index in [9.17, 15) is 0 Å². The highest BCUT2D eigenvalue weighted by Crippen LogP contribution is 2.24. The van der Waals surface area contributed by atoms with E-state index >= 15 is 0 Å². The van der Waals surface area contributed by atoms with Crippen LogP contribution in [0.25, 0.3) is 12.2 Å². The van der Waals surface area contributed by atoms with Crippen LogP contribution in [0.2, 0.25) is 0 Å². The molecule has 5 rings (SSSR count). The summed E-state index contributed by atoms with van der Waals surface area (Å²) in [7, 11) is 1.69. The number of anilines is 4. The molecule has 1 saturated heterocycles.